The summed E-state index contributed by atoms with van der Waals surface area (Å²) < 4.78 is 14.6. The summed E-state index contributed by atoms with van der Waals surface area (Å²) in [5, 5.41) is 24.4. The zero-order chi connectivity index (χ0) is 27.4. The molecule has 5 aromatic rings. The molecule has 0 aliphatic heterocycles. The number of halogens is 1. The first-order valence-electron chi connectivity index (χ1n) is 11.7. The highest BCUT2D eigenvalue weighted by Gasteiger charge is 2.24. The van der Waals surface area contributed by atoms with Crippen molar-refractivity contribution in [1.29, 1.82) is 0 Å². The summed E-state index contributed by atoms with van der Waals surface area (Å²) in [7, 11) is -1.81. The Morgan fingerprint density at radius 3 is 2.69 bits per heavy atom. The number of rotatable bonds is 9. The average molecular weight is 564 g/mol. The number of tetrazole rings is 1. The van der Waals surface area contributed by atoms with Gasteiger partial charge < -0.3 is 16.4 Å². The van der Waals surface area contributed by atoms with Crippen LogP contribution < -0.4 is 16.4 Å². The first-order valence-corrected chi connectivity index (χ1v) is 13.4. The van der Waals surface area contributed by atoms with Crippen LogP contribution in [0.15, 0.2) is 78.0 Å². The summed E-state index contributed by atoms with van der Waals surface area (Å²) in [5.74, 6) is -1.08. The molecule has 0 aliphatic carbocycles. The van der Waals surface area contributed by atoms with Crippen molar-refractivity contribution in [2.24, 2.45) is 0 Å². The molecule has 0 fully saturated rings. The number of hydrogen-bond acceptors (Lipinski definition) is 8. The van der Waals surface area contributed by atoms with Crippen LogP contribution in [0.3, 0.4) is 0 Å². The molecule has 2 unspecified atom stereocenters. The second kappa shape index (κ2) is 11.4. The quantitative estimate of drug-likeness (QED) is 0.211. The van der Waals surface area contributed by atoms with Gasteiger partial charge in [0.15, 0.2) is 5.82 Å². The minimum Gasteiger partial charge on any atom is -0.382 e. The second-order valence-electron chi connectivity index (χ2n) is 8.52. The normalized spacial score (nSPS) is 12.6. The molecule has 5 rings (SSSR count). The Kier molecular flexibility index (Phi) is 7.61. The number of aromatic nitrogens is 6. The zero-order valence-corrected chi connectivity index (χ0v) is 21.8. The number of aromatic amines is 1. The highest BCUT2D eigenvalue weighted by Crippen LogP contribution is 2.23. The van der Waals surface area contributed by atoms with Gasteiger partial charge in [-0.15, -0.1) is 5.10 Å². The molecule has 2 atom stereocenters. The fraction of sp³-hybridized carbons (Fsp3) is 0.120. The molecular formula is C25H22ClN9O3S. The van der Waals surface area contributed by atoms with Crippen LogP contribution in [-0.4, -0.2) is 58.2 Å². The number of carbonyl (C=O) groups is 2. The van der Waals surface area contributed by atoms with Gasteiger partial charge in [0.25, 0.3) is 0 Å². The Bertz CT molecular complexity index is 1660. The molecule has 39 heavy (non-hydrogen) atoms. The van der Waals surface area contributed by atoms with Crippen LogP contribution in [0.25, 0.3) is 16.6 Å². The van der Waals surface area contributed by atoms with E-state index in [0.29, 0.717) is 27.7 Å². The van der Waals surface area contributed by atoms with Crippen LogP contribution >= 0.6 is 11.6 Å². The number of anilines is 2. The Labute approximate surface area is 229 Å². The average Bonchev–Trinajstić information content (AvgIpc) is 3.59. The number of carbonyl (C=O) groups excluding carboxylic acids is 2. The second-order valence-corrected chi connectivity index (χ2v) is 10.4. The molecule has 2 heterocycles. The maximum absolute atomic E-state index is 13.3. The summed E-state index contributed by atoms with van der Waals surface area (Å²) in [4.78, 5) is 26.6. The van der Waals surface area contributed by atoms with Crippen molar-refractivity contribution in [1.82, 2.24) is 35.7 Å². The Morgan fingerprint density at radius 1 is 1.10 bits per heavy atom. The summed E-state index contributed by atoms with van der Waals surface area (Å²) in [6.07, 6.45) is 1.57. The predicted molar refractivity (Wildman–Crippen MR) is 147 cm³/mol. The van der Waals surface area contributed by atoms with Gasteiger partial charge >= 0.3 is 0 Å². The van der Waals surface area contributed by atoms with Gasteiger partial charge in [0.1, 0.15) is 18.1 Å². The van der Waals surface area contributed by atoms with Crippen LogP contribution in [0.1, 0.15) is 5.56 Å². The minimum atomic E-state index is -1.81. The summed E-state index contributed by atoms with van der Waals surface area (Å²) in [5.41, 5.74) is 8.24. The first-order chi connectivity index (χ1) is 18.9. The largest absolute Gasteiger partial charge is 0.382 e. The van der Waals surface area contributed by atoms with E-state index >= 15 is 0 Å². The van der Waals surface area contributed by atoms with Crippen LogP contribution in [0.4, 0.5) is 11.5 Å². The van der Waals surface area contributed by atoms with E-state index < -0.39 is 34.4 Å². The van der Waals surface area contributed by atoms with E-state index in [0.717, 1.165) is 10.9 Å². The molecule has 3 aromatic carbocycles. The van der Waals surface area contributed by atoms with Crippen molar-refractivity contribution >= 4 is 56.6 Å². The molecule has 0 radical (unpaired) electrons. The van der Waals surface area contributed by atoms with E-state index in [1.807, 2.05) is 30.3 Å². The Hall–Kier alpha value is -4.62. The van der Waals surface area contributed by atoms with E-state index in [1.165, 1.54) is 17.1 Å². The highest BCUT2D eigenvalue weighted by molar-refractivity contribution is 7.86. The first kappa shape index (κ1) is 26.0. The lowest BCUT2D eigenvalue weighted by Gasteiger charge is -2.19. The van der Waals surface area contributed by atoms with E-state index in [2.05, 4.69) is 36.4 Å². The number of amides is 2. The van der Waals surface area contributed by atoms with Crippen molar-refractivity contribution in [3.05, 3.63) is 83.6 Å². The molecule has 0 aliphatic rings. The van der Waals surface area contributed by atoms with Crippen LogP contribution in [-0.2, 0) is 26.8 Å². The molecule has 12 nitrogen and oxygen atoms in total. The van der Waals surface area contributed by atoms with Gasteiger partial charge in [-0.3, -0.25) is 18.9 Å². The lowest BCUT2D eigenvalue weighted by Crippen LogP contribution is -2.46. The van der Waals surface area contributed by atoms with Crippen molar-refractivity contribution in [2.45, 2.75) is 17.4 Å². The summed E-state index contributed by atoms with van der Waals surface area (Å²) >= 11 is 6.13. The number of hydrogen-bond donors (Lipinski definition) is 4. The number of H-pyrrole nitrogens is 1. The molecular weight excluding hydrogens is 542 g/mol. The molecule has 0 saturated heterocycles. The lowest BCUT2D eigenvalue weighted by molar-refractivity contribution is -0.124. The fourth-order valence-electron chi connectivity index (χ4n) is 3.97. The van der Waals surface area contributed by atoms with Gasteiger partial charge in [-0.05, 0) is 52.4 Å². The third-order valence-corrected chi connectivity index (χ3v) is 7.40. The van der Waals surface area contributed by atoms with E-state index in [4.69, 9.17) is 17.3 Å². The predicted octanol–water partition coefficient (Wildman–Crippen LogP) is 2.25. The topological polar surface area (TPSA) is 174 Å². The zero-order valence-electron chi connectivity index (χ0n) is 20.2. The monoisotopic (exact) mass is 563 g/mol. The molecule has 14 heteroatoms. The molecule has 2 aromatic heterocycles. The van der Waals surface area contributed by atoms with E-state index in [9.17, 15) is 13.8 Å². The van der Waals surface area contributed by atoms with E-state index in [-0.39, 0.29) is 11.3 Å². The van der Waals surface area contributed by atoms with Crippen molar-refractivity contribution in [2.75, 3.05) is 16.8 Å². The van der Waals surface area contributed by atoms with Gasteiger partial charge in [-0.2, -0.15) is 9.78 Å². The number of nitrogens with one attached hydrogen (secondary N) is 3. The standard InChI is InChI=1S/C25H22ClN9O3S/c26-16-6-9-21(35-14-28-33-34-35)22(11-16)39(38)13-23(36)30-20(10-15-4-2-1-3-5-15)25(37)29-17-7-8-18-19(12-17)31-32-24(18)27/h1-9,11-12,14,20H,10,13H2,(H,29,37)(H,30,36)(H3,27,31,32). The minimum absolute atomic E-state index is 0.220. The van der Waals surface area contributed by atoms with Crippen LogP contribution in [0.2, 0.25) is 5.02 Å². The SMILES string of the molecule is Nc1n[nH]c2cc(NC(=O)C(Cc3ccccc3)NC(=O)CS(=O)c3cc(Cl)ccc3-n3cnnn3)ccc12. The molecule has 2 amide bonds. The van der Waals surface area contributed by atoms with Crippen LogP contribution in [0, 0.1) is 0 Å². The van der Waals surface area contributed by atoms with Crippen LogP contribution in [0.5, 0.6) is 0 Å². The van der Waals surface area contributed by atoms with Gasteiger partial charge in [-0.25, -0.2) is 0 Å². The third kappa shape index (κ3) is 6.10. The smallest absolute Gasteiger partial charge is 0.247 e. The third-order valence-electron chi connectivity index (χ3n) is 5.82. The van der Waals surface area contributed by atoms with Crippen molar-refractivity contribution in [3.8, 4) is 5.69 Å². The van der Waals surface area contributed by atoms with Gasteiger partial charge in [0, 0.05) is 22.5 Å². The summed E-state index contributed by atoms with van der Waals surface area (Å²) in [6.45, 7) is 0. The van der Waals surface area contributed by atoms with Gasteiger partial charge in [-0.1, -0.05) is 41.9 Å². The number of nitrogens with zero attached hydrogens (tertiary/aromatic N) is 5. The maximum atomic E-state index is 13.3. The molecule has 0 saturated carbocycles. The molecule has 5 N–H and O–H groups in total. The molecule has 0 bridgehead atoms. The molecule has 0 spiro atoms. The highest BCUT2D eigenvalue weighted by atomic mass is 35.5. The number of nitrogens with two attached hydrogens (primary N) is 1. The fourth-order valence-corrected chi connectivity index (χ4v) is 5.34. The number of fused-ring (bicyclic) bond motifs is 1. The van der Waals surface area contributed by atoms with Crippen molar-refractivity contribution < 1.29 is 13.8 Å². The lowest BCUT2D eigenvalue weighted by atomic mass is 10.0. The van der Waals surface area contributed by atoms with E-state index in [1.54, 1.807) is 30.3 Å². The Balaban J connectivity index is 1.33. The number of nitrogen functional groups attached to an aromatic ring is 1. The Morgan fingerprint density at radius 2 is 1.92 bits per heavy atom. The molecule has 198 valence electrons. The van der Waals surface area contributed by atoms with Crippen molar-refractivity contribution in [3.63, 3.8) is 0 Å². The van der Waals surface area contributed by atoms with Gasteiger partial charge in [0.2, 0.25) is 11.8 Å². The van der Waals surface area contributed by atoms with Gasteiger partial charge in [0.05, 0.1) is 26.9 Å². The number of benzene rings is 3. The summed E-state index contributed by atoms with van der Waals surface area (Å²) in [6, 6.07) is 18.2. The maximum Gasteiger partial charge on any atom is 0.247 e.